The number of para-hydroxylation sites is 1. The molecule has 4 aromatic rings. The molecule has 0 saturated carbocycles. The number of benzene rings is 2. The van der Waals surface area contributed by atoms with Crippen molar-refractivity contribution in [2.75, 3.05) is 19.0 Å². The predicted octanol–water partition coefficient (Wildman–Crippen LogP) is 5.02. The smallest absolute Gasteiger partial charge is 0.296 e. The fourth-order valence-electron chi connectivity index (χ4n) is 5.21. The highest BCUT2D eigenvalue weighted by atomic mass is 32.1. The van der Waals surface area contributed by atoms with Crippen molar-refractivity contribution in [3.63, 3.8) is 0 Å². The predicted molar refractivity (Wildman–Crippen MR) is 156 cm³/mol. The summed E-state index contributed by atoms with van der Waals surface area (Å²) in [6, 6.07) is 20.9. The maximum atomic E-state index is 13.1. The van der Waals surface area contributed by atoms with Gasteiger partial charge in [0.1, 0.15) is 18.0 Å². The first kappa shape index (κ1) is 26.8. The van der Waals surface area contributed by atoms with Crippen LogP contribution in [-0.4, -0.2) is 44.0 Å². The third-order valence-corrected chi connectivity index (χ3v) is 7.33. The number of carbonyl (C=O) groups is 1. The van der Waals surface area contributed by atoms with Crippen molar-refractivity contribution in [2.24, 2.45) is 0 Å². The van der Waals surface area contributed by atoms with Gasteiger partial charge < -0.3 is 24.8 Å². The molecule has 0 radical (unpaired) electrons. The number of rotatable bonds is 8. The van der Waals surface area contributed by atoms with Gasteiger partial charge in [-0.3, -0.25) is 19.9 Å². The summed E-state index contributed by atoms with van der Waals surface area (Å²) in [5, 5.41) is 18.7. The van der Waals surface area contributed by atoms with Gasteiger partial charge in [-0.15, -0.1) is 0 Å². The van der Waals surface area contributed by atoms with Gasteiger partial charge in [0, 0.05) is 23.3 Å². The number of carbonyl (C=O) groups excluding carboxylic acids is 1. The van der Waals surface area contributed by atoms with Gasteiger partial charge in [0.25, 0.3) is 5.69 Å². The summed E-state index contributed by atoms with van der Waals surface area (Å²) in [6.07, 6.45) is 1.71. The first-order valence-electron chi connectivity index (χ1n) is 12.6. The Balaban J connectivity index is 1.58. The lowest BCUT2D eigenvalue weighted by Gasteiger charge is -2.27. The average molecular weight is 557 g/mol. The second-order valence-electron chi connectivity index (χ2n) is 9.44. The normalized spacial score (nSPS) is 16.5. The number of aromatic nitrogens is 2. The summed E-state index contributed by atoms with van der Waals surface area (Å²) < 4.78 is 7.08. The Morgan fingerprint density at radius 1 is 1.12 bits per heavy atom. The van der Waals surface area contributed by atoms with Crippen molar-refractivity contribution in [2.45, 2.75) is 25.9 Å². The summed E-state index contributed by atoms with van der Waals surface area (Å²) in [5.41, 5.74) is 4.26. The lowest BCUT2D eigenvalue weighted by molar-refractivity contribution is -0.384. The van der Waals surface area contributed by atoms with E-state index in [1.807, 2.05) is 77.9 Å². The van der Waals surface area contributed by atoms with E-state index in [1.165, 1.54) is 13.2 Å². The van der Waals surface area contributed by atoms with Crippen molar-refractivity contribution < 1.29 is 14.5 Å². The topological polar surface area (TPSA) is 115 Å². The largest absolute Gasteiger partial charge is 0.496 e. The number of hydrogen-bond donors (Lipinski definition) is 2. The third-order valence-electron chi connectivity index (χ3n) is 6.98. The summed E-state index contributed by atoms with van der Waals surface area (Å²) >= 11 is 5.73. The molecule has 1 amide bonds. The van der Waals surface area contributed by atoms with E-state index < -0.39 is 11.0 Å². The van der Waals surface area contributed by atoms with Crippen molar-refractivity contribution in [1.82, 2.24) is 19.8 Å². The highest BCUT2D eigenvalue weighted by Crippen LogP contribution is 2.42. The molecule has 2 N–H and O–H groups in total. The number of aryl methyl sites for hydroxylation is 1. The molecule has 1 fully saturated rings. The minimum absolute atomic E-state index is 0.00107. The SMILES string of the molecule is COc1ccc(-n2c(C)cc([C@H]3[C@H](c4ccccn4)NC(=S)N3CC(=O)Nc3ccccc3)c2C)c([N+](=O)[O-])c1. The Bertz CT molecular complexity index is 1570. The number of nitro benzene ring substituents is 1. The lowest BCUT2D eigenvalue weighted by atomic mass is 9.96. The number of nitrogens with one attached hydrogen (secondary N) is 2. The quantitative estimate of drug-likeness (QED) is 0.177. The Morgan fingerprint density at radius 3 is 2.55 bits per heavy atom. The molecule has 0 unspecified atom stereocenters. The number of nitro groups is 1. The van der Waals surface area contributed by atoms with Gasteiger partial charge >= 0.3 is 0 Å². The fourth-order valence-corrected chi connectivity index (χ4v) is 5.52. The van der Waals surface area contributed by atoms with Crippen LogP contribution in [0.1, 0.15) is 34.7 Å². The molecule has 1 saturated heterocycles. The van der Waals surface area contributed by atoms with Gasteiger partial charge in [-0.25, -0.2) is 0 Å². The van der Waals surface area contributed by atoms with Crippen molar-refractivity contribution in [1.29, 1.82) is 0 Å². The van der Waals surface area contributed by atoms with Crippen LogP contribution in [-0.2, 0) is 4.79 Å². The van der Waals surface area contributed by atoms with Crippen LogP contribution in [0.2, 0.25) is 0 Å². The van der Waals surface area contributed by atoms with Crippen LogP contribution >= 0.6 is 12.2 Å². The van der Waals surface area contributed by atoms with Gasteiger partial charge in [0.2, 0.25) is 5.91 Å². The first-order valence-corrected chi connectivity index (χ1v) is 13.0. The van der Waals surface area contributed by atoms with Crippen LogP contribution in [0.4, 0.5) is 11.4 Å². The van der Waals surface area contributed by atoms with E-state index >= 15 is 0 Å². The molecule has 2 aromatic heterocycles. The molecular formula is C29H28N6O4S. The van der Waals surface area contributed by atoms with E-state index in [1.54, 1.807) is 18.3 Å². The van der Waals surface area contributed by atoms with E-state index in [0.29, 0.717) is 22.2 Å². The molecule has 204 valence electrons. The maximum Gasteiger partial charge on any atom is 0.296 e. The molecule has 3 heterocycles. The van der Waals surface area contributed by atoms with Gasteiger partial charge in [0.15, 0.2) is 5.11 Å². The van der Waals surface area contributed by atoms with Crippen LogP contribution in [0, 0.1) is 24.0 Å². The van der Waals surface area contributed by atoms with E-state index in [-0.39, 0.29) is 24.2 Å². The number of pyridine rings is 1. The number of amides is 1. The molecule has 0 bridgehead atoms. The zero-order valence-electron chi connectivity index (χ0n) is 22.2. The standard InChI is InChI=1S/C29H28N6O4S/c1-18-15-22(19(2)34(18)24-13-12-21(39-3)16-25(24)35(37)38)28-27(23-11-7-8-14-30-23)32-29(40)33(28)17-26(36)31-20-9-5-4-6-10-20/h4-16,27-28H,17H2,1-3H3,(H,31,36)(H,32,40)/t27-,28-/m0/s1. The number of hydrogen-bond acceptors (Lipinski definition) is 6. The number of thiocarbonyl (C=S) groups is 1. The van der Waals surface area contributed by atoms with E-state index in [9.17, 15) is 14.9 Å². The molecule has 1 aliphatic rings. The lowest BCUT2D eigenvalue weighted by Crippen LogP contribution is -2.37. The summed E-state index contributed by atoms with van der Waals surface area (Å²) in [7, 11) is 1.47. The zero-order chi connectivity index (χ0) is 28.4. The number of anilines is 1. The van der Waals surface area contributed by atoms with Crippen LogP contribution < -0.4 is 15.4 Å². The van der Waals surface area contributed by atoms with Crippen molar-refractivity contribution in [3.05, 3.63) is 112 Å². The fraction of sp³-hybridized carbons (Fsp3) is 0.207. The van der Waals surface area contributed by atoms with Crippen LogP contribution in [0.3, 0.4) is 0 Å². The molecule has 2 aromatic carbocycles. The summed E-state index contributed by atoms with van der Waals surface area (Å²) in [5.74, 6) is 0.177. The molecule has 0 aliphatic carbocycles. The number of nitrogens with zero attached hydrogens (tertiary/aromatic N) is 4. The minimum atomic E-state index is -0.417. The minimum Gasteiger partial charge on any atom is -0.496 e. The monoisotopic (exact) mass is 556 g/mol. The summed E-state index contributed by atoms with van der Waals surface area (Å²) in [4.78, 5) is 31.1. The van der Waals surface area contributed by atoms with Crippen LogP contribution in [0.25, 0.3) is 5.69 Å². The Labute approximate surface area is 236 Å². The maximum absolute atomic E-state index is 13.1. The molecule has 1 aliphatic heterocycles. The molecule has 0 spiro atoms. The number of ether oxygens (including phenoxy) is 1. The van der Waals surface area contributed by atoms with E-state index in [2.05, 4.69) is 15.6 Å². The van der Waals surface area contributed by atoms with Crippen molar-refractivity contribution >= 4 is 34.6 Å². The average Bonchev–Trinajstić information content (AvgIpc) is 3.43. The van der Waals surface area contributed by atoms with E-state index in [4.69, 9.17) is 17.0 Å². The Hall–Kier alpha value is -4.77. The van der Waals surface area contributed by atoms with Gasteiger partial charge in [0.05, 0.1) is 35.9 Å². The van der Waals surface area contributed by atoms with Gasteiger partial charge in [-0.1, -0.05) is 24.3 Å². The highest BCUT2D eigenvalue weighted by molar-refractivity contribution is 7.80. The van der Waals surface area contributed by atoms with Gasteiger partial charge in [-0.2, -0.15) is 0 Å². The van der Waals surface area contributed by atoms with Crippen LogP contribution in [0.5, 0.6) is 5.75 Å². The first-order chi connectivity index (χ1) is 19.3. The number of methoxy groups -OCH3 is 1. The van der Waals surface area contributed by atoms with Crippen LogP contribution in [0.15, 0.2) is 79.0 Å². The molecule has 11 heteroatoms. The third kappa shape index (κ3) is 5.10. The second kappa shape index (κ2) is 11.1. The summed E-state index contributed by atoms with van der Waals surface area (Å²) in [6.45, 7) is 3.81. The molecule has 10 nitrogen and oxygen atoms in total. The second-order valence-corrected chi connectivity index (χ2v) is 9.83. The van der Waals surface area contributed by atoms with Gasteiger partial charge in [-0.05, 0) is 74.1 Å². The molecule has 40 heavy (non-hydrogen) atoms. The molecular weight excluding hydrogens is 528 g/mol. The highest BCUT2D eigenvalue weighted by Gasteiger charge is 2.42. The Morgan fingerprint density at radius 2 is 1.88 bits per heavy atom. The van der Waals surface area contributed by atoms with Crippen molar-refractivity contribution in [3.8, 4) is 11.4 Å². The van der Waals surface area contributed by atoms with E-state index in [0.717, 1.165) is 22.6 Å². The molecule has 5 rings (SSSR count). The Kier molecular flexibility index (Phi) is 7.47. The molecule has 2 atom stereocenters. The zero-order valence-corrected chi connectivity index (χ0v) is 23.0.